The number of nitrogens with one attached hydrogen (secondary N) is 1. The van der Waals surface area contributed by atoms with Gasteiger partial charge in [0.15, 0.2) is 0 Å². The van der Waals surface area contributed by atoms with Crippen LogP contribution in [0.25, 0.3) is 0 Å². The Morgan fingerprint density at radius 2 is 2.00 bits per heavy atom. The molecule has 0 heterocycles. The van der Waals surface area contributed by atoms with Crippen LogP contribution in [0.4, 0.5) is 4.79 Å². The number of hydrogen-bond donors (Lipinski definition) is 2. The van der Waals surface area contributed by atoms with Gasteiger partial charge in [-0.3, -0.25) is 0 Å². The van der Waals surface area contributed by atoms with E-state index in [9.17, 15) is 9.90 Å². The molecule has 0 aliphatic heterocycles. The summed E-state index contributed by atoms with van der Waals surface area (Å²) in [4.78, 5) is 11.4. The molecule has 1 aliphatic carbocycles. The Bertz CT molecular complexity index is 235. The molecule has 1 aliphatic rings. The quantitative estimate of drug-likeness (QED) is 0.762. The molecule has 2 N–H and O–H groups in total. The highest BCUT2D eigenvalue weighted by molar-refractivity contribution is 5.67. The molecule has 0 saturated heterocycles. The van der Waals surface area contributed by atoms with Crippen LogP contribution in [0.1, 0.15) is 46.5 Å². The van der Waals surface area contributed by atoms with Crippen LogP contribution in [0.2, 0.25) is 0 Å². The molecule has 0 bridgehead atoms. The predicted molar refractivity (Wildman–Crippen MR) is 62.2 cm³/mol. The van der Waals surface area contributed by atoms with E-state index in [2.05, 4.69) is 5.32 Å². The second-order valence-corrected chi connectivity index (χ2v) is 5.49. The van der Waals surface area contributed by atoms with Crippen LogP contribution in [-0.4, -0.2) is 29.4 Å². The number of amides is 1. The fraction of sp³-hybridized carbons (Fsp3) is 0.917. The van der Waals surface area contributed by atoms with Crippen LogP contribution in [0.5, 0.6) is 0 Å². The molecular weight excluding hydrogens is 206 g/mol. The molecule has 2 atom stereocenters. The standard InChI is InChI=1S/C12H23NO3/c1-12(2,3)16-11(15)13-8-9-6-4-5-7-10(9)14/h9-10,14H,4-8H2,1-3H3,(H,13,15)/t9-,10-/m1/s1. The third kappa shape index (κ3) is 4.84. The van der Waals surface area contributed by atoms with Crippen molar-refractivity contribution in [2.75, 3.05) is 6.54 Å². The fourth-order valence-corrected chi connectivity index (χ4v) is 1.95. The maximum atomic E-state index is 11.4. The maximum Gasteiger partial charge on any atom is 0.407 e. The number of hydrogen-bond acceptors (Lipinski definition) is 3. The lowest BCUT2D eigenvalue weighted by Gasteiger charge is -2.28. The van der Waals surface area contributed by atoms with Crippen LogP contribution in [0.15, 0.2) is 0 Å². The Morgan fingerprint density at radius 1 is 1.38 bits per heavy atom. The number of carbonyl (C=O) groups is 1. The summed E-state index contributed by atoms with van der Waals surface area (Å²) in [5.41, 5.74) is -0.463. The lowest BCUT2D eigenvalue weighted by Crippen LogP contribution is -2.39. The SMILES string of the molecule is CC(C)(C)OC(=O)NC[C@H]1CCCC[C@H]1O. The Balaban J connectivity index is 2.25. The second-order valence-electron chi connectivity index (χ2n) is 5.49. The zero-order valence-electron chi connectivity index (χ0n) is 10.5. The van der Waals surface area contributed by atoms with Crippen molar-refractivity contribution in [2.24, 2.45) is 5.92 Å². The molecule has 0 aromatic carbocycles. The van der Waals surface area contributed by atoms with Crippen molar-refractivity contribution in [3.05, 3.63) is 0 Å². The van der Waals surface area contributed by atoms with Crippen molar-refractivity contribution in [2.45, 2.75) is 58.2 Å². The van der Waals surface area contributed by atoms with E-state index in [1.807, 2.05) is 20.8 Å². The first-order valence-corrected chi connectivity index (χ1v) is 6.03. The topological polar surface area (TPSA) is 58.6 Å². The first kappa shape index (κ1) is 13.3. The van der Waals surface area contributed by atoms with Gasteiger partial charge in [0, 0.05) is 12.5 Å². The molecule has 1 fully saturated rings. The highest BCUT2D eigenvalue weighted by Gasteiger charge is 2.24. The minimum absolute atomic E-state index is 0.182. The van der Waals surface area contributed by atoms with Crippen LogP contribution in [0.3, 0.4) is 0 Å². The van der Waals surface area contributed by atoms with Crippen LogP contribution < -0.4 is 5.32 Å². The summed E-state index contributed by atoms with van der Waals surface area (Å²) in [6.07, 6.45) is 3.38. The van der Waals surface area contributed by atoms with Gasteiger partial charge in [0.1, 0.15) is 5.60 Å². The smallest absolute Gasteiger partial charge is 0.407 e. The van der Waals surface area contributed by atoms with E-state index in [-0.39, 0.29) is 12.0 Å². The Labute approximate surface area is 97.4 Å². The van der Waals surface area contributed by atoms with Gasteiger partial charge in [-0.25, -0.2) is 4.79 Å². The molecule has 0 unspecified atom stereocenters. The van der Waals surface area contributed by atoms with Gasteiger partial charge in [0.05, 0.1) is 6.10 Å². The molecule has 4 nitrogen and oxygen atoms in total. The van der Waals surface area contributed by atoms with E-state index in [4.69, 9.17) is 4.74 Å². The van der Waals surface area contributed by atoms with E-state index in [1.54, 1.807) is 0 Å². The Hall–Kier alpha value is -0.770. The van der Waals surface area contributed by atoms with Gasteiger partial charge in [-0.05, 0) is 33.6 Å². The predicted octanol–water partition coefficient (Wildman–Crippen LogP) is 2.06. The normalized spacial score (nSPS) is 26.2. The lowest BCUT2D eigenvalue weighted by atomic mass is 9.86. The number of ether oxygens (including phenoxy) is 1. The summed E-state index contributed by atoms with van der Waals surface area (Å²) >= 11 is 0. The van der Waals surface area contributed by atoms with Gasteiger partial charge in [-0.15, -0.1) is 0 Å². The van der Waals surface area contributed by atoms with Gasteiger partial charge in [0.2, 0.25) is 0 Å². The largest absolute Gasteiger partial charge is 0.444 e. The summed E-state index contributed by atoms with van der Waals surface area (Å²) in [7, 11) is 0. The number of rotatable bonds is 2. The van der Waals surface area contributed by atoms with Crippen LogP contribution in [-0.2, 0) is 4.74 Å². The van der Waals surface area contributed by atoms with Gasteiger partial charge < -0.3 is 15.2 Å². The van der Waals surface area contributed by atoms with Crippen LogP contribution in [0, 0.1) is 5.92 Å². The van der Waals surface area contributed by atoms with Gasteiger partial charge >= 0.3 is 6.09 Å². The van der Waals surface area contributed by atoms with Gasteiger partial charge in [-0.2, -0.15) is 0 Å². The zero-order valence-corrected chi connectivity index (χ0v) is 10.5. The second kappa shape index (κ2) is 5.53. The lowest BCUT2D eigenvalue weighted by molar-refractivity contribution is 0.0434. The van der Waals surface area contributed by atoms with Gasteiger partial charge in [-0.1, -0.05) is 12.8 Å². The minimum Gasteiger partial charge on any atom is -0.444 e. The molecular formula is C12H23NO3. The minimum atomic E-state index is -0.463. The molecule has 1 saturated carbocycles. The van der Waals surface area contributed by atoms with E-state index in [0.29, 0.717) is 6.54 Å². The highest BCUT2D eigenvalue weighted by Crippen LogP contribution is 2.23. The number of alkyl carbamates (subject to hydrolysis) is 1. The zero-order chi connectivity index (χ0) is 12.2. The number of carbonyl (C=O) groups excluding carboxylic acids is 1. The molecule has 94 valence electrons. The summed E-state index contributed by atoms with van der Waals surface area (Å²) in [5, 5.41) is 12.4. The first-order valence-electron chi connectivity index (χ1n) is 6.03. The average Bonchev–Trinajstić information content (AvgIpc) is 2.14. The highest BCUT2D eigenvalue weighted by atomic mass is 16.6. The van der Waals surface area contributed by atoms with E-state index >= 15 is 0 Å². The summed E-state index contributed by atoms with van der Waals surface area (Å²) in [6.45, 7) is 6.02. The molecule has 0 spiro atoms. The molecule has 4 heteroatoms. The molecule has 0 radical (unpaired) electrons. The summed E-state index contributed by atoms with van der Waals surface area (Å²) in [6, 6.07) is 0. The first-order chi connectivity index (χ1) is 7.38. The van der Waals surface area contributed by atoms with Crippen molar-refractivity contribution in [3.63, 3.8) is 0 Å². The third-order valence-corrected chi connectivity index (χ3v) is 2.78. The summed E-state index contributed by atoms with van der Waals surface area (Å²) < 4.78 is 5.13. The third-order valence-electron chi connectivity index (χ3n) is 2.78. The van der Waals surface area contributed by atoms with E-state index in [1.165, 1.54) is 0 Å². The summed E-state index contributed by atoms with van der Waals surface area (Å²) in [5.74, 6) is 0.182. The molecule has 1 amide bonds. The van der Waals surface area contributed by atoms with Crippen molar-refractivity contribution < 1.29 is 14.6 Å². The Morgan fingerprint density at radius 3 is 2.56 bits per heavy atom. The number of aliphatic hydroxyl groups is 1. The van der Waals surface area contributed by atoms with Crippen molar-refractivity contribution in [1.82, 2.24) is 5.32 Å². The Kier molecular flexibility index (Phi) is 4.59. The molecule has 16 heavy (non-hydrogen) atoms. The van der Waals surface area contributed by atoms with Crippen molar-refractivity contribution in [3.8, 4) is 0 Å². The maximum absolute atomic E-state index is 11.4. The van der Waals surface area contributed by atoms with Crippen molar-refractivity contribution in [1.29, 1.82) is 0 Å². The van der Waals surface area contributed by atoms with E-state index < -0.39 is 11.7 Å². The molecule has 0 aromatic heterocycles. The van der Waals surface area contributed by atoms with Crippen molar-refractivity contribution >= 4 is 6.09 Å². The monoisotopic (exact) mass is 229 g/mol. The average molecular weight is 229 g/mol. The fourth-order valence-electron chi connectivity index (χ4n) is 1.95. The van der Waals surface area contributed by atoms with E-state index in [0.717, 1.165) is 25.7 Å². The molecule has 0 aromatic rings. The number of aliphatic hydroxyl groups excluding tert-OH is 1. The van der Waals surface area contributed by atoms with Gasteiger partial charge in [0.25, 0.3) is 0 Å². The molecule has 1 rings (SSSR count). The van der Waals surface area contributed by atoms with Crippen LogP contribution >= 0.6 is 0 Å².